The number of alkyl halides is 4. The van der Waals surface area contributed by atoms with E-state index in [9.17, 15) is 22.4 Å². The Hall–Kier alpha value is -4.74. The molecule has 44 heavy (non-hydrogen) atoms. The Labute approximate surface area is 246 Å². The monoisotopic (exact) mass is 607 g/mol. The molecular formula is C32H23F6N5O. The van der Waals surface area contributed by atoms with Gasteiger partial charge in [-0.25, -0.2) is 17.6 Å². The van der Waals surface area contributed by atoms with Gasteiger partial charge in [-0.1, -0.05) is 18.2 Å². The fourth-order valence-electron chi connectivity index (χ4n) is 6.32. The molecule has 0 saturated heterocycles. The molecule has 1 saturated carbocycles. The van der Waals surface area contributed by atoms with Crippen molar-refractivity contribution in [1.29, 1.82) is 0 Å². The van der Waals surface area contributed by atoms with Crippen LogP contribution in [0.3, 0.4) is 0 Å². The van der Waals surface area contributed by atoms with E-state index in [0.29, 0.717) is 15.9 Å². The van der Waals surface area contributed by atoms with Crippen molar-refractivity contribution in [3.05, 3.63) is 113 Å². The van der Waals surface area contributed by atoms with Crippen LogP contribution >= 0.6 is 0 Å². The lowest BCUT2D eigenvalue weighted by molar-refractivity contribution is -0.123. The van der Waals surface area contributed by atoms with E-state index in [0.717, 1.165) is 34.7 Å². The van der Waals surface area contributed by atoms with Gasteiger partial charge in [0.05, 0.1) is 17.3 Å². The molecule has 7 rings (SSSR count). The number of fused-ring (bicyclic) bond motifs is 4. The molecule has 3 atom stereocenters. The number of hydrogen-bond acceptors (Lipinski definition) is 4. The first-order chi connectivity index (χ1) is 21.1. The van der Waals surface area contributed by atoms with E-state index in [2.05, 4.69) is 20.4 Å². The smallest absolute Gasteiger partial charge is 0.293 e. The summed E-state index contributed by atoms with van der Waals surface area (Å²) in [5.41, 5.74) is 1.07. The maximum absolute atomic E-state index is 15.1. The van der Waals surface area contributed by atoms with Gasteiger partial charge in [-0.3, -0.25) is 19.4 Å². The van der Waals surface area contributed by atoms with Crippen LogP contribution in [-0.2, 0) is 23.7 Å². The summed E-state index contributed by atoms with van der Waals surface area (Å²) in [5, 5.41) is 7.32. The normalized spacial score (nSPS) is 18.7. The predicted octanol–water partition coefficient (Wildman–Crippen LogP) is 7.02. The van der Waals surface area contributed by atoms with Gasteiger partial charge in [-0.2, -0.15) is 13.9 Å². The van der Waals surface area contributed by atoms with E-state index < -0.39 is 65.7 Å². The largest absolute Gasteiger partial charge is 0.346 e. The lowest BCUT2D eigenvalue weighted by atomic mass is 9.94. The number of nitrogens with zero attached hydrogens (tertiary/aromatic N) is 4. The van der Waals surface area contributed by atoms with Crippen LogP contribution in [0.1, 0.15) is 53.0 Å². The summed E-state index contributed by atoms with van der Waals surface area (Å²) in [6.07, 6.45) is 0.0669. The molecule has 5 aromatic rings. The Bertz CT molecular complexity index is 1900. The summed E-state index contributed by atoms with van der Waals surface area (Å²) in [7, 11) is 0. The zero-order valence-electron chi connectivity index (χ0n) is 22.8. The number of carbonyl (C=O) groups is 1. The van der Waals surface area contributed by atoms with Crippen molar-refractivity contribution in [2.24, 2.45) is 5.92 Å². The van der Waals surface area contributed by atoms with Gasteiger partial charge in [-0.05, 0) is 66.3 Å². The number of rotatable bonds is 8. The van der Waals surface area contributed by atoms with Crippen LogP contribution in [0.25, 0.3) is 22.0 Å². The maximum Gasteiger partial charge on any atom is 0.293 e. The van der Waals surface area contributed by atoms with Gasteiger partial charge in [0.2, 0.25) is 5.91 Å². The fourth-order valence-corrected chi connectivity index (χ4v) is 6.32. The van der Waals surface area contributed by atoms with E-state index >= 15 is 8.78 Å². The summed E-state index contributed by atoms with van der Waals surface area (Å²) >= 11 is 0. The van der Waals surface area contributed by atoms with Crippen LogP contribution in [0.4, 0.5) is 26.3 Å². The number of hydrogen-bond donors (Lipinski definition) is 1. The van der Waals surface area contributed by atoms with Crippen molar-refractivity contribution < 1.29 is 31.1 Å². The minimum absolute atomic E-state index is 0.0944. The van der Waals surface area contributed by atoms with Crippen molar-refractivity contribution in [1.82, 2.24) is 25.1 Å². The number of nitrogens with one attached hydrogen (secondary N) is 1. The molecule has 2 aliphatic carbocycles. The highest BCUT2D eigenvalue weighted by atomic mass is 19.3. The van der Waals surface area contributed by atoms with Crippen LogP contribution in [0.5, 0.6) is 0 Å². The van der Waals surface area contributed by atoms with Crippen LogP contribution < -0.4 is 5.32 Å². The zero-order chi connectivity index (χ0) is 30.7. The van der Waals surface area contributed by atoms with Crippen molar-refractivity contribution in [2.75, 3.05) is 0 Å². The third-order valence-electron chi connectivity index (χ3n) is 8.24. The molecule has 2 aromatic carbocycles. The number of pyridine rings is 2. The molecule has 0 radical (unpaired) electrons. The summed E-state index contributed by atoms with van der Waals surface area (Å²) in [6, 6.07) is 14.6. The van der Waals surface area contributed by atoms with E-state index in [1.54, 1.807) is 24.4 Å². The Kier molecular flexibility index (Phi) is 6.67. The van der Waals surface area contributed by atoms with Crippen LogP contribution in [0.15, 0.2) is 73.1 Å². The average Bonchev–Trinajstić information content (AvgIpc) is 3.64. The number of aromatic nitrogens is 4. The second kappa shape index (κ2) is 10.5. The summed E-state index contributed by atoms with van der Waals surface area (Å²) < 4.78 is 86.6. The minimum atomic E-state index is -3.39. The van der Waals surface area contributed by atoms with E-state index in [1.165, 1.54) is 6.20 Å². The molecular weight excluding hydrogens is 584 g/mol. The van der Waals surface area contributed by atoms with Gasteiger partial charge < -0.3 is 5.32 Å². The summed E-state index contributed by atoms with van der Waals surface area (Å²) in [6.45, 7) is -0.762. The number of carbonyl (C=O) groups excluding carboxylic acids is 1. The second-order valence-electron chi connectivity index (χ2n) is 11.1. The Balaban J connectivity index is 1.25. The van der Waals surface area contributed by atoms with Crippen molar-refractivity contribution >= 4 is 16.8 Å². The highest BCUT2D eigenvalue weighted by molar-refractivity contribution is 5.85. The molecule has 2 unspecified atom stereocenters. The van der Waals surface area contributed by atoms with Crippen molar-refractivity contribution in [2.45, 2.75) is 43.7 Å². The van der Waals surface area contributed by atoms with E-state index in [4.69, 9.17) is 0 Å². The first-order valence-electron chi connectivity index (χ1n) is 13.9. The predicted molar refractivity (Wildman–Crippen MR) is 148 cm³/mol. The van der Waals surface area contributed by atoms with E-state index in [-0.39, 0.29) is 24.0 Å². The average molecular weight is 608 g/mol. The van der Waals surface area contributed by atoms with Crippen molar-refractivity contribution in [3.63, 3.8) is 0 Å². The molecule has 12 heteroatoms. The van der Waals surface area contributed by atoms with Gasteiger partial charge in [0.1, 0.15) is 29.6 Å². The standard InChI is InChI=1S/C32H23F6N5O/c33-19-9-16(10-20(34)13-19)11-25(28-21(4-2-8-40-28)17-5-6-24-18(12-17)3-1-7-39-24)41-26(44)15-43-30-27(29(42-43)31(35)36)22-14-23(22)32(30,37)38/h1-10,12-13,22-23,25,31H,11,14-15H2,(H,41,44)/t22?,23?,25-/m0/s1. The van der Waals surface area contributed by atoms with Gasteiger partial charge in [0, 0.05) is 40.9 Å². The molecule has 1 amide bonds. The van der Waals surface area contributed by atoms with Crippen LogP contribution in [-0.4, -0.2) is 25.7 Å². The number of halogens is 6. The first-order valence-corrected chi connectivity index (χ1v) is 13.9. The molecule has 0 spiro atoms. The molecule has 6 nitrogen and oxygen atoms in total. The topological polar surface area (TPSA) is 72.7 Å². The summed E-state index contributed by atoms with van der Waals surface area (Å²) in [4.78, 5) is 22.3. The molecule has 3 heterocycles. The van der Waals surface area contributed by atoms with Gasteiger partial charge >= 0.3 is 0 Å². The third kappa shape index (κ3) is 4.87. The quantitative estimate of drug-likeness (QED) is 0.193. The number of benzene rings is 2. The fraction of sp³-hybridized carbons (Fsp3) is 0.250. The molecule has 1 N–H and O–H groups in total. The highest BCUT2D eigenvalue weighted by Crippen LogP contribution is 2.68. The molecule has 0 aliphatic heterocycles. The van der Waals surface area contributed by atoms with E-state index in [1.807, 2.05) is 24.3 Å². The van der Waals surface area contributed by atoms with Gasteiger partial charge in [-0.15, -0.1) is 0 Å². The van der Waals surface area contributed by atoms with Crippen LogP contribution in [0, 0.1) is 17.6 Å². The number of amides is 1. The minimum Gasteiger partial charge on any atom is -0.346 e. The maximum atomic E-state index is 15.1. The second-order valence-corrected chi connectivity index (χ2v) is 11.1. The molecule has 3 aromatic heterocycles. The SMILES string of the molecule is O=C(Cn1nc(C(F)F)c2c1C(F)(F)C1CC21)N[C@@H](Cc1cc(F)cc(F)c1)c1ncccc1-c1ccc2ncccc2c1. The zero-order valence-corrected chi connectivity index (χ0v) is 22.8. The lowest BCUT2D eigenvalue weighted by Crippen LogP contribution is -2.35. The third-order valence-corrected chi connectivity index (χ3v) is 8.24. The Morgan fingerprint density at radius 3 is 2.50 bits per heavy atom. The van der Waals surface area contributed by atoms with Crippen molar-refractivity contribution in [3.8, 4) is 11.1 Å². The highest BCUT2D eigenvalue weighted by Gasteiger charge is 2.67. The van der Waals surface area contributed by atoms with Crippen LogP contribution in [0.2, 0.25) is 0 Å². The lowest BCUT2D eigenvalue weighted by Gasteiger charge is -2.22. The molecule has 0 bridgehead atoms. The molecule has 224 valence electrons. The Morgan fingerprint density at radius 1 is 0.977 bits per heavy atom. The Morgan fingerprint density at radius 2 is 1.73 bits per heavy atom. The first kappa shape index (κ1) is 28.1. The van der Waals surface area contributed by atoms with Gasteiger partial charge in [0.15, 0.2) is 0 Å². The van der Waals surface area contributed by atoms with Gasteiger partial charge in [0.25, 0.3) is 12.3 Å². The molecule has 1 fully saturated rings. The molecule has 2 aliphatic rings. The summed E-state index contributed by atoms with van der Waals surface area (Å²) in [5.74, 6) is -7.62.